The van der Waals surface area contributed by atoms with E-state index in [1.165, 1.54) is 49.5 Å². The molecule has 0 spiro atoms. The Balaban J connectivity index is 0.000000195. The van der Waals surface area contributed by atoms with E-state index in [0.29, 0.717) is 29.3 Å². The van der Waals surface area contributed by atoms with Gasteiger partial charge < -0.3 is 4.42 Å². The van der Waals surface area contributed by atoms with Crippen molar-refractivity contribution in [3.63, 3.8) is 0 Å². The van der Waals surface area contributed by atoms with Crippen molar-refractivity contribution in [1.82, 2.24) is 9.29 Å². The van der Waals surface area contributed by atoms with Gasteiger partial charge in [-0.25, -0.2) is 17.9 Å². The largest absolute Gasteiger partial charge is 0.416 e. The quantitative estimate of drug-likeness (QED) is 0.302. The Morgan fingerprint density at radius 1 is 1.19 bits per heavy atom. The first-order chi connectivity index (χ1) is 17.4. The summed E-state index contributed by atoms with van der Waals surface area (Å²) in [5, 5.41) is 0.385. The number of hydrogen-bond donors (Lipinski definition) is 1. The zero-order chi connectivity index (χ0) is 25.7. The van der Waals surface area contributed by atoms with Crippen molar-refractivity contribution >= 4 is 11.9 Å². The lowest BCUT2D eigenvalue weighted by Crippen LogP contribution is -2.34. The molecule has 7 heteroatoms. The Bertz CT molecular complexity index is 1110. The number of hydrogen-bond acceptors (Lipinski definition) is 4. The Kier molecular flexibility index (Phi) is 9.29. The molecule has 1 saturated heterocycles. The molecule has 0 radical (unpaired) electrons. The van der Waals surface area contributed by atoms with Crippen molar-refractivity contribution in [3.05, 3.63) is 81.7 Å². The lowest BCUT2D eigenvalue weighted by molar-refractivity contribution is 0.205. The minimum Gasteiger partial charge on any atom is -0.413 e. The molecule has 2 aliphatic carbocycles. The molecule has 0 bridgehead atoms. The maximum absolute atomic E-state index is 13.9. The fourth-order valence-corrected chi connectivity index (χ4v) is 6.53. The molecule has 1 aliphatic heterocycles. The van der Waals surface area contributed by atoms with Crippen LogP contribution in [0.15, 0.2) is 57.4 Å². The highest BCUT2D eigenvalue weighted by molar-refractivity contribution is 7.97. The van der Waals surface area contributed by atoms with Crippen LogP contribution in [-0.4, -0.2) is 20.6 Å². The van der Waals surface area contributed by atoms with Crippen LogP contribution in [0, 0.1) is 23.5 Å². The van der Waals surface area contributed by atoms with Gasteiger partial charge in [0, 0.05) is 35.5 Å². The van der Waals surface area contributed by atoms with Crippen molar-refractivity contribution < 1.29 is 13.2 Å². The van der Waals surface area contributed by atoms with Gasteiger partial charge in [-0.15, -0.1) is 0 Å². The number of nitrogens with zero attached hydrogens (tertiary/aromatic N) is 1. The first-order valence-corrected chi connectivity index (χ1v) is 14.1. The van der Waals surface area contributed by atoms with Gasteiger partial charge in [0.25, 0.3) is 0 Å². The summed E-state index contributed by atoms with van der Waals surface area (Å²) in [5.41, 5.74) is 1.74. The van der Waals surface area contributed by atoms with Crippen LogP contribution in [0.4, 0.5) is 8.78 Å². The van der Waals surface area contributed by atoms with Crippen LogP contribution in [0.25, 0.3) is 0 Å². The molecule has 3 aliphatic rings. The van der Waals surface area contributed by atoms with E-state index >= 15 is 0 Å². The van der Waals surface area contributed by atoms with E-state index in [1.54, 1.807) is 18.1 Å². The lowest BCUT2D eigenvalue weighted by atomic mass is 9.71. The van der Waals surface area contributed by atoms with E-state index in [4.69, 9.17) is 4.42 Å². The Hall–Kier alpha value is -2.12. The van der Waals surface area contributed by atoms with Gasteiger partial charge in [-0.2, -0.15) is 0 Å². The molecule has 2 heterocycles. The first-order valence-electron chi connectivity index (χ1n) is 13.3. The van der Waals surface area contributed by atoms with Gasteiger partial charge in [0.1, 0.15) is 17.4 Å². The van der Waals surface area contributed by atoms with Crippen LogP contribution in [-0.2, 0) is 6.54 Å². The molecule has 2 atom stereocenters. The van der Waals surface area contributed by atoms with Gasteiger partial charge >= 0.3 is 5.76 Å². The number of oxazole rings is 1. The Morgan fingerprint density at radius 2 is 1.97 bits per heavy atom. The SMILES string of the molecule is C/C=C(\C=C/CC)C1CC[C@H](C)N(Cc2cc(F)ccc2F)S1.O=c1[nH]cc(C2CC(C3CC3)C2)o1. The van der Waals surface area contributed by atoms with Gasteiger partial charge in [0.15, 0.2) is 0 Å². The minimum absolute atomic E-state index is 0.315. The smallest absolute Gasteiger partial charge is 0.413 e. The standard InChI is InChI=1S/C19H25F2NS.C10H13NO2/c1-4-6-7-15(5-2)19-11-8-14(3)22(23-19)13-16-12-17(20)9-10-18(16)21;12-10-11-5-9(13-10)8-3-7(4-8)6-1-2-6/h5-7,9-10,12,14,19H,4,8,11,13H2,1-3H3;5-8H,1-4H2,(H,11,12)/b7-6-,15-5+;/t14-,19?;/m0./s1. The number of nitrogens with one attached hydrogen (secondary N) is 1. The molecule has 36 heavy (non-hydrogen) atoms. The van der Waals surface area contributed by atoms with E-state index < -0.39 is 0 Å². The van der Waals surface area contributed by atoms with E-state index in [9.17, 15) is 13.6 Å². The summed E-state index contributed by atoms with van der Waals surface area (Å²) >= 11 is 1.76. The number of benzene rings is 1. The summed E-state index contributed by atoms with van der Waals surface area (Å²) in [5.74, 6) is 2.27. The Labute approximate surface area is 217 Å². The molecule has 2 saturated carbocycles. The van der Waals surface area contributed by atoms with E-state index in [0.717, 1.165) is 36.9 Å². The minimum atomic E-state index is -0.382. The summed E-state index contributed by atoms with van der Waals surface area (Å²) in [7, 11) is 0. The summed E-state index contributed by atoms with van der Waals surface area (Å²) in [6, 6.07) is 4.04. The highest BCUT2D eigenvalue weighted by Gasteiger charge is 2.41. The maximum Gasteiger partial charge on any atom is 0.416 e. The number of halogens is 2. The van der Waals surface area contributed by atoms with Crippen molar-refractivity contribution in [2.75, 3.05) is 0 Å². The maximum atomic E-state index is 13.9. The molecule has 2 aromatic rings. The molecule has 1 aromatic heterocycles. The third-order valence-corrected chi connectivity index (χ3v) is 9.12. The van der Waals surface area contributed by atoms with Crippen LogP contribution >= 0.6 is 11.9 Å². The third kappa shape index (κ3) is 7.00. The summed E-state index contributed by atoms with van der Waals surface area (Å²) in [6.45, 7) is 6.77. The highest BCUT2D eigenvalue weighted by atomic mass is 32.2. The summed E-state index contributed by atoms with van der Waals surface area (Å²) in [6.07, 6.45) is 16.7. The molecule has 196 valence electrons. The average molecular weight is 517 g/mol. The van der Waals surface area contributed by atoms with Gasteiger partial charge in [-0.3, -0.25) is 4.98 Å². The van der Waals surface area contributed by atoms with Crippen LogP contribution in [0.2, 0.25) is 0 Å². The zero-order valence-electron chi connectivity index (χ0n) is 21.5. The second kappa shape index (κ2) is 12.4. The predicted molar refractivity (Wildman–Crippen MR) is 143 cm³/mol. The van der Waals surface area contributed by atoms with Crippen molar-refractivity contribution in [3.8, 4) is 0 Å². The van der Waals surface area contributed by atoms with Crippen LogP contribution in [0.3, 0.4) is 0 Å². The van der Waals surface area contributed by atoms with Gasteiger partial charge in [0.2, 0.25) is 0 Å². The molecule has 4 nitrogen and oxygen atoms in total. The first kappa shape index (κ1) is 26.9. The van der Waals surface area contributed by atoms with Crippen LogP contribution in [0.5, 0.6) is 0 Å². The number of aromatic nitrogens is 1. The molecule has 3 fully saturated rings. The Morgan fingerprint density at radius 3 is 2.61 bits per heavy atom. The van der Waals surface area contributed by atoms with Gasteiger partial charge in [-0.05, 0) is 94.4 Å². The zero-order valence-corrected chi connectivity index (χ0v) is 22.3. The van der Waals surface area contributed by atoms with Crippen molar-refractivity contribution in [1.29, 1.82) is 0 Å². The molecule has 1 unspecified atom stereocenters. The highest BCUT2D eigenvalue weighted by Crippen LogP contribution is 2.52. The second-order valence-electron chi connectivity index (χ2n) is 10.3. The molecule has 1 aromatic carbocycles. The number of allylic oxidation sites excluding steroid dienone is 3. The van der Waals surface area contributed by atoms with Crippen LogP contribution < -0.4 is 5.76 Å². The topological polar surface area (TPSA) is 49.2 Å². The molecular weight excluding hydrogens is 478 g/mol. The molecule has 1 N–H and O–H groups in total. The van der Waals surface area contributed by atoms with Gasteiger partial charge in [0.05, 0.1) is 0 Å². The van der Waals surface area contributed by atoms with Crippen molar-refractivity contribution in [2.24, 2.45) is 11.8 Å². The molecule has 5 rings (SSSR count). The second-order valence-corrected chi connectivity index (χ2v) is 11.5. The number of aromatic amines is 1. The predicted octanol–water partition coefficient (Wildman–Crippen LogP) is 7.75. The van der Waals surface area contributed by atoms with Gasteiger partial charge in [-0.1, -0.05) is 37.1 Å². The summed E-state index contributed by atoms with van der Waals surface area (Å²) in [4.78, 5) is 13.3. The number of H-pyrrole nitrogens is 1. The fourth-order valence-electron chi connectivity index (χ4n) is 5.10. The van der Waals surface area contributed by atoms with E-state index in [1.807, 2.05) is 0 Å². The number of rotatable bonds is 7. The monoisotopic (exact) mass is 516 g/mol. The van der Waals surface area contributed by atoms with E-state index in [2.05, 4.69) is 48.3 Å². The molecular formula is C29H38F2N2O2S. The summed E-state index contributed by atoms with van der Waals surface area (Å²) < 4.78 is 34.5. The molecule has 0 amide bonds. The fraction of sp³-hybridized carbons (Fsp3) is 0.552. The van der Waals surface area contributed by atoms with E-state index in [-0.39, 0.29) is 17.4 Å². The van der Waals surface area contributed by atoms with Crippen molar-refractivity contribution in [2.45, 2.75) is 89.5 Å². The lowest BCUT2D eigenvalue weighted by Gasteiger charge is -2.37. The average Bonchev–Trinajstić information content (AvgIpc) is 3.58. The van der Waals surface area contributed by atoms with Crippen LogP contribution in [0.1, 0.15) is 83.0 Å². The normalized spacial score (nSPS) is 27.0. The third-order valence-electron chi connectivity index (χ3n) is 7.59.